The van der Waals surface area contributed by atoms with E-state index in [1.807, 2.05) is 20.8 Å². The average molecular weight is 407 g/mol. The van der Waals surface area contributed by atoms with E-state index in [2.05, 4.69) is 20.8 Å². The zero-order valence-electron chi connectivity index (χ0n) is 17.5. The van der Waals surface area contributed by atoms with Crippen molar-refractivity contribution in [1.82, 2.24) is 9.47 Å². The molecule has 0 unspecified atom stereocenters. The average Bonchev–Trinajstić information content (AvgIpc) is 3.11. The zero-order valence-corrected chi connectivity index (χ0v) is 18.4. The molecule has 3 rings (SSSR count). The van der Waals surface area contributed by atoms with E-state index in [0.717, 1.165) is 28.6 Å². The van der Waals surface area contributed by atoms with Crippen molar-refractivity contribution in [3.63, 3.8) is 0 Å². The van der Waals surface area contributed by atoms with Crippen molar-refractivity contribution >= 4 is 33.7 Å². The molecule has 7 heteroatoms. The summed E-state index contributed by atoms with van der Waals surface area (Å²) in [5.74, 6) is 0.608. The molecular weight excluding hydrogens is 376 g/mol. The van der Waals surface area contributed by atoms with Gasteiger partial charge in [0.25, 0.3) is 0 Å². The molecule has 0 saturated carbocycles. The SMILES string of the molecule is Cc1c(C2CCN(C(=O)OC(C)(C)C)CC2)sc2c1c(C(C)C)cn2C(=O)O. The van der Waals surface area contributed by atoms with E-state index in [1.54, 1.807) is 22.4 Å². The van der Waals surface area contributed by atoms with Crippen LogP contribution in [0.4, 0.5) is 9.59 Å². The first-order valence-electron chi connectivity index (χ1n) is 9.85. The van der Waals surface area contributed by atoms with Gasteiger partial charge >= 0.3 is 12.2 Å². The third-order valence-corrected chi connectivity index (χ3v) is 6.74. The van der Waals surface area contributed by atoms with Gasteiger partial charge in [-0.05, 0) is 63.5 Å². The zero-order chi connectivity index (χ0) is 20.8. The van der Waals surface area contributed by atoms with Gasteiger partial charge in [-0.1, -0.05) is 13.8 Å². The van der Waals surface area contributed by atoms with Crippen molar-refractivity contribution in [1.29, 1.82) is 0 Å². The summed E-state index contributed by atoms with van der Waals surface area (Å²) in [5, 5.41) is 10.7. The molecule has 1 aliphatic rings. The van der Waals surface area contributed by atoms with E-state index in [0.29, 0.717) is 19.0 Å². The van der Waals surface area contributed by atoms with Crippen LogP contribution in [-0.2, 0) is 4.74 Å². The summed E-state index contributed by atoms with van der Waals surface area (Å²) in [6.45, 7) is 13.3. The number of amides is 1. The summed E-state index contributed by atoms with van der Waals surface area (Å²) in [6.07, 6.45) is 2.30. The maximum Gasteiger partial charge on any atom is 0.416 e. The normalized spacial score (nSPS) is 16.2. The first-order valence-corrected chi connectivity index (χ1v) is 10.7. The Morgan fingerprint density at radius 3 is 2.36 bits per heavy atom. The third-order valence-electron chi connectivity index (χ3n) is 5.29. The number of hydrogen-bond donors (Lipinski definition) is 1. The Labute approximate surface area is 170 Å². The predicted octanol–water partition coefficient (Wildman–Crippen LogP) is 5.78. The van der Waals surface area contributed by atoms with Crippen LogP contribution in [0.25, 0.3) is 10.2 Å². The van der Waals surface area contributed by atoms with Crippen LogP contribution in [0.3, 0.4) is 0 Å². The largest absolute Gasteiger partial charge is 0.464 e. The number of rotatable bonds is 2. The van der Waals surface area contributed by atoms with Gasteiger partial charge in [0.15, 0.2) is 0 Å². The van der Waals surface area contributed by atoms with Gasteiger partial charge in [-0.3, -0.25) is 0 Å². The minimum Gasteiger partial charge on any atom is -0.464 e. The van der Waals surface area contributed by atoms with Crippen LogP contribution in [0.1, 0.15) is 75.3 Å². The molecule has 0 bridgehead atoms. The van der Waals surface area contributed by atoms with Crippen LogP contribution < -0.4 is 0 Å². The van der Waals surface area contributed by atoms with Gasteiger partial charge in [-0.25, -0.2) is 14.2 Å². The van der Waals surface area contributed by atoms with Gasteiger partial charge in [-0.15, -0.1) is 11.3 Å². The molecule has 3 heterocycles. The van der Waals surface area contributed by atoms with Crippen molar-refractivity contribution in [2.45, 2.75) is 71.8 Å². The highest BCUT2D eigenvalue weighted by atomic mass is 32.1. The minimum absolute atomic E-state index is 0.251. The fraction of sp³-hybridized carbons (Fsp3) is 0.619. The molecule has 1 amide bonds. The Morgan fingerprint density at radius 1 is 1.25 bits per heavy atom. The first kappa shape index (κ1) is 20.7. The highest BCUT2D eigenvalue weighted by Gasteiger charge is 2.30. The Hall–Kier alpha value is -2.02. The van der Waals surface area contributed by atoms with E-state index in [-0.39, 0.29) is 12.0 Å². The van der Waals surface area contributed by atoms with Crippen molar-refractivity contribution < 1.29 is 19.4 Å². The van der Waals surface area contributed by atoms with Crippen LogP contribution in [0.15, 0.2) is 6.20 Å². The summed E-state index contributed by atoms with van der Waals surface area (Å²) in [5.41, 5.74) is 1.79. The smallest absolute Gasteiger partial charge is 0.416 e. The van der Waals surface area contributed by atoms with Crippen LogP contribution in [-0.4, -0.2) is 45.5 Å². The summed E-state index contributed by atoms with van der Waals surface area (Å²) < 4.78 is 6.85. The molecule has 0 aromatic carbocycles. The van der Waals surface area contributed by atoms with Crippen LogP contribution in [0, 0.1) is 6.92 Å². The van der Waals surface area contributed by atoms with Gasteiger partial charge in [0.1, 0.15) is 10.4 Å². The molecule has 1 N–H and O–H groups in total. The highest BCUT2D eigenvalue weighted by Crippen LogP contribution is 2.43. The molecule has 0 radical (unpaired) electrons. The highest BCUT2D eigenvalue weighted by molar-refractivity contribution is 7.19. The topological polar surface area (TPSA) is 71.8 Å². The van der Waals surface area contributed by atoms with E-state index in [9.17, 15) is 14.7 Å². The number of carbonyl (C=O) groups excluding carboxylic acids is 1. The lowest BCUT2D eigenvalue weighted by Crippen LogP contribution is -2.41. The molecule has 1 fully saturated rings. The number of thiophene rings is 1. The first-order chi connectivity index (χ1) is 13.0. The van der Waals surface area contributed by atoms with E-state index in [4.69, 9.17) is 4.74 Å². The third kappa shape index (κ3) is 3.90. The predicted molar refractivity (Wildman–Crippen MR) is 112 cm³/mol. The molecule has 154 valence electrons. The molecule has 0 atom stereocenters. The Kier molecular flexibility index (Phi) is 5.49. The van der Waals surface area contributed by atoms with Crippen LogP contribution in [0.5, 0.6) is 0 Å². The molecule has 6 nitrogen and oxygen atoms in total. The monoisotopic (exact) mass is 406 g/mol. The number of carbonyl (C=O) groups is 2. The molecule has 2 aromatic rings. The Morgan fingerprint density at radius 2 is 1.86 bits per heavy atom. The van der Waals surface area contributed by atoms with Crippen molar-refractivity contribution in [2.75, 3.05) is 13.1 Å². The van der Waals surface area contributed by atoms with Crippen molar-refractivity contribution in [2.24, 2.45) is 0 Å². The second-order valence-corrected chi connectivity index (χ2v) is 9.94. The fourth-order valence-corrected chi connectivity index (χ4v) is 5.38. The summed E-state index contributed by atoms with van der Waals surface area (Å²) in [4.78, 5) is 27.8. The van der Waals surface area contributed by atoms with E-state index >= 15 is 0 Å². The molecule has 1 saturated heterocycles. The van der Waals surface area contributed by atoms with Gasteiger partial charge in [0.05, 0.1) is 0 Å². The van der Waals surface area contributed by atoms with Crippen molar-refractivity contribution in [3.8, 4) is 0 Å². The number of fused-ring (bicyclic) bond motifs is 1. The number of aryl methyl sites for hydroxylation is 1. The second kappa shape index (κ2) is 7.43. The lowest BCUT2D eigenvalue weighted by molar-refractivity contribution is 0.0205. The lowest BCUT2D eigenvalue weighted by Gasteiger charge is -2.33. The summed E-state index contributed by atoms with van der Waals surface area (Å²) in [7, 11) is 0. The maximum atomic E-state index is 12.3. The number of nitrogens with zero attached hydrogens (tertiary/aromatic N) is 2. The van der Waals surface area contributed by atoms with E-state index in [1.165, 1.54) is 15.0 Å². The standard InChI is InChI=1S/C21H30N2O4S/c1-12(2)15-11-23(19(24)25)18-16(15)13(3)17(28-18)14-7-9-22(10-8-14)20(26)27-21(4,5)6/h11-12,14H,7-10H2,1-6H3,(H,24,25). The molecule has 0 aliphatic carbocycles. The molecule has 0 spiro atoms. The Bertz CT molecular complexity index is 896. The van der Waals surface area contributed by atoms with Crippen LogP contribution >= 0.6 is 11.3 Å². The van der Waals surface area contributed by atoms with Gasteiger partial charge < -0.3 is 14.7 Å². The summed E-state index contributed by atoms with van der Waals surface area (Å²) in [6, 6.07) is 0. The second-order valence-electron chi connectivity index (χ2n) is 8.90. The van der Waals surface area contributed by atoms with Gasteiger partial charge in [-0.2, -0.15) is 0 Å². The lowest BCUT2D eigenvalue weighted by atomic mass is 9.91. The number of carboxylic acid groups (broad SMARTS) is 1. The number of aromatic nitrogens is 1. The van der Waals surface area contributed by atoms with Gasteiger partial charge in [0, 0.05) is 29.5 Å². The minimum atomic E-state index is -0.940. The molecular formula is C21H30N2O4S. The number of piperidine rings is 1. The Balaban J connectivity index is 1.84. The fourth-order valence-electron chi connectivity index (χ4n) is 3.91. The van der Waals surface area contributed by atoms with E-state index < -0.39 is 11.7 Å². The molecule has 2 aromatic heterocycles. The molecule has 1 aliphatic heterocycles. The van der Waals surface area contributed by atoms with Crippen LogP contribution in [0.2, 0.25) is 0 Å². The number of hydrogen-bond acceptors (Lipinski definition) is 4. The number of ether oxygens (including phenoxy) is 1. The van der Waals surface area contributed by atoms with Gasteiger partial charge in [0.2, 0.25) is 0 Å². The molecule has 28 heavy (non-hydrogen) atoms. The van der Waals surface area contributed by atoms with Crippen molar-refractivity contribution in [3.05, 3.63) is 22.2 Å². The maximum absolute atomic E-state index is 12.3. The quantitative estimate of drug-likeness (QED) is 0.687. The summed E-state index contributed by atoms with van der Waals surface area (Å²) >= 11 is 1.59. The number of likely N-dealkylation sites (tertiary alicyclic amines) is 1.